The van der Waals surface area contributed by atoms with Gasteiger partial charge in [0, 0.05) is 13.2 Å². The van der Waals surface area contributed by atoms with Crippen LogP contribution in [-0.2, 0) is 13.0 Å². The van der Waals surface area contributed by atoms with Crippen LogP contribution in [0.1, 0.15) is 19.0 Å². The Labute approximate surface area is 148 Å². The number of aryl methyl sites for hydroxylation is 2. The van der Waals surface area contributed by atoms with Crippen molar-refractivity contribution < 1.29 is 5.11 Å². The van der Waals surface area contributed by atoms with Crippen molar-refractivity contribution in [3.05, 3.63) is 52.7 Å². The van der Waals surface area contributed by atoms with Gasteiger partial charge in [-0.3, -0.25) is 9.36 Å². The maximum Gasteiger partial charge on any atom is 0.283 e. The second-order valence-electron chi connectivity index (χ2n) is 5.97. The van der Waals surface area contributed by atoms with Crippen molar-refractivity contribution in [1.29, 1.82) is 0 Å². The molecule has 26 heavy (non-hydrogen) atoms. The Morgan fingerprint density at radius 3 is 2.65 bits per heavy atom. The predicted molar refractivity (Wildman–Crippen MR) is 96.9 cm³/mol. The Morgan fingerprint density at radius 2 is 1.92 bits per heavy atom. The number of hydrogen-bond acceptors (Lipinski definition) is 6. The van der Waals surface area contributed by atoms with Crippen LogP contribution in [0.5, 0.6) is 0 Å². The highest BCUT2D eigenvalue weighted by Gasteiger charge is 2.19. The van der Waals surface area contributed by atoms with E-state index in [0.717, 1.165) is 23.2 Å². The first-order valence-corrected chi connectivity index (χ1v) is 8.54. The maximum atomic E-state index is 12.6. The van der Waals surface area contributed by atoms with Crippen molar-refractivity contribution >= 4 is 16.8 Å². The van der Waals surface area contributed by atoms with Gasteiger partial charge in [-0.15, -0.1) is 10.2 Å². The zero-order chi connectivity index (χ0) is 18.1. The quantitative estimate of drug-likeness (QED) is 0.585. The van der Waals surface area contributed by atoms with E-state index < -0.39 is 0 Å². The molecule has 1 N–H and O–H groups in total. The van der Waals surface area contributed by atoms with E-state index in [1.807, 2.05) is 37.3 Å². The van der Waals surface area contributed by atoms with E-state index in [2.05, 4.69) is 20.3 Å². The molecule has 0 fully saturated rings. The third kappa shape index (κ3) is 2.55. The second-order valence-corrected chi connectivity index (χ2v) is 5.97. The van der Waals surface area contributed by atoms with Crippen molar-refractivity contribution in [1.82, 2.24) is 29.4 Å². The van der Waals surface area contributed by atoms with E-state index in [-0.39, 0.29) is 17.7 Å². The van der Waals surface area contributed by atoms with Gasteiger partial charge in [0.05, 0.1) is 11.3 Å². The lowest BCUT2D eigenvalue weighted by Gasteiger charge is -2.05. The van der Waals surface area contributed by atoms with Crippen LogP contribution in [0.4, 0.5) is 0 Å². The first-order valence-electron chi connectivity index (χ1n) is 8.54. The van der Waals surface area contributed by atoms with Crippen molar-refractivity contribution in [2.75, 3.05) is 6.61 Å². The van der Waals surface area contributed by atoms with E-state index in [0.29, 0.717) is 24.3 Å². The smallest absolute Gasteiger partial charge is 0.283 e. The highest BCUT2D eigenvalue weighted by Crippen LogP contribution is 2.28. The van der Waals surface area contributed by atoms with Crippen LogP contribution in [0.3, 0.4) is 0 Å². The molecule has 0 bridgehead atoms. The molecule has 4 aromatic rings. The zero-order valence-corrected chi connectivity index (χ0v) is 14.3. The molecular formula is C18H18N6O2. The first kappa shape index (κ1) is 16.3. The lowest BCUT2D eigenvalue weighted by atomic mass is 10.0. The Balaban J connectivity index is 1.98. The molecule has 0 saturated carbocycles. The molecule has 0 aliphatic heterocycles. The van der Waals surface area contributed by atoms with Gasteiger partial charge in [-0.2, -0.15) is 9.61 Å². The largest absolute Gasteiger partial charge is 0.396 e. The van der Waals surface area contributed by atoms with Crippen molar-refractivity contribution in [2.24, 2.45) is 0 Å². The van der Waals surface area contributed by atoms with E-state index in [9.17, 15) is 4.79 Å². The number of benzene rings is 1. The lowest BCUT2D eigenvalue weighted by Crippen LogP contribution is -2.23. The predicted octanol–water partition coefficient (Wildman–Crippen LogP) is 1.45. The van der Waals surface area contributed by atoms with Gasteiger partial charge < -0.3 is 5.11 Å². The van der Waals surface area contributed by atoms with Gasteiger partial charge in [-0.05, 0) is 18.4 Å². The van der Waals surface area contributed by atoms with Crippen LogP contribution in [0, 0.1) is 0 Å². The Kier molecular flexibility index (Phi) is 4.18. The summed E-state index contributed by atoms with van der Waals surface area (Å²) in [5, 5.41) is 22.0. The first-order chi connectivity index (χ1) is 12.7. The fourth-order valence-electron chi connectivity index (χ4n) is 3.05. The lowest BCUT2D eigenvalue weighted by molar-refractivity contribution is 0.279. The average Bonchev–Trinajstić information content (AvgIpc) is 3.07. The summed E-state index contributed by atoms with van der Waals surface area (Å²) in [7, 11) is 0. The molecular weight excluding hydrogens is 332 g/mol. The molecule has 0 saturated heterocycles. The molecule has 0 atom stereocenters. The monoisotopic (exact) mass is 350 g/mol. The van der Waals surface area contributed by atoms with Crippen LogP contribution in [0.25, 0.3) is 27.9 Å². The van der Waals surface area contributed by atoms with E-state index in [1.165, 1.54) is 10.9 Å². The van der Waals surface area contributed by atoms with Crippen LogP contribution < -0.4 is 5.56 Å². The molecule has 1 aromatic carbocycles. The summed E-state index contributed by atoms with van der Waals surface area (Å²) in [5.41, 5.74) is 3.65. The normalized spacial score (nSPS) is 11.5. The molecule has 8 heteroatoms. The van der Waals surface area contributed by atoms with Gasteiger partial charge in [-0.25, -0.2) is 4.98 Å². The number of fused-ring (bicyclic) bond motifs is 3. The third-order valence-corrected chi connectivity index (χ3v) is 4.33. The van der Waals surface area contributed by atoms with Gasteiger partial charge >= 0.3 is 0 Å². The molecule has 3 aromatic heterocycles. The maximum absolute atomic E-state index is 12.6. The van der Waals surface area contributed by atoms with Gasteiger partial charge in [0.2, 0.25) is 0 Å². The van der Waals surface area contributed by atoms with E-state index in [4.69, 9.17) is 5.11 Å². The summed E-state index contributed by atoms with van der Waals surface area (Å²) in [5.74, 6) is 0. The minimum atomic E-state index is -0.285. The average molecular weight is 350 g/mol. The molecule has 3 heterocycles. The molecule has 0 amide bonds. The Hall–Kier alpha value is -3.13. The summed E-state index contributed by atoms with van der Waals surface area (Å²) in [6.45, 7) is 2.42. The highest BCUT2D eigenvalue weighted by atomic mass is 16.3. The summed E-state index contributed by atoms with van der Waals surface area (Å²) in [4.78, 5) is 17.0. The van der Waals surface area contributed by atoms with Crippen LogP contribution >= 0.6 is 0 Å². The molecule has 0 radical (unpaired) electrons. The topological polar surface area (TPSA) is 98.2 Å². The van der Waals surface area contributed by atoms with E-state index >= 15 is 0 Å². The summed E-state index contributed by atoms with van der Waals surface area (Å²) in [6.07, 6.45) is 2.67. The number of rotatable bonds is 5. The standard InChI is InChI=1S/C18H18N6O2/c1-2-13-14(12-7-4-3-5-8-12)16-21-20-15-17(24(16)22-13)19-11-23(18(15)26)9-6-10-25/h3-5,7-8,11,25H,2,6,9-10H2,1H3. The number of nitrogens with zero attached hydrogens (tertiary/aromatic N) is 6. The SMILES string of the molecule is CCc1nn2c(nnc3c(=O)n(CCCO)cnc32)c1-c1ccccc1. The Morgan fingerprint density at radius 1 is 1.12 bits per heavy atom. The zero-order valence-electron chi connectivity index (χ0n) is 14.3. The van der Waals surface area contributed by atoms with Crippen LogP contribution in [-0.4, -0.2) is 41.1 Å². The molecule has 8 nitrogen and oxygen atoms in total. The van der Waals surface area contributed by atoms with Gasteiger partial charge in [0.25, 0.3) is 5.56 Å². The number of hydrogen-bond donors (Lipinski definition) is 1. The van der Waals surface area contributed by atoms with Crippen LogP contribution in [0.15, 0.2) is 41.5 Å². The molecule has 132 valence electrons. The second kappa shape index (κ2) is 6.64. The van der Waals surface area contributed by atoms with Crippen molar-refractivity contribution in [3.63, 3.8) is 0 Å². The molecule has 4 rings (SSSR count). The molecule has 0 aliphatic carbocycles. The van der Waals surface area contributed by atoms with Crippen LogP contribution in [0.2, 0.25) is 0 Å². The van der Waals surface area contributed by atoms with E-state index in [1.54, 1.807) is 4.52 Å². The van der Waals surface area contributed by atoms with Crippen molar-refractivity contribution in [2.45, 2.75) is 26.3 Å². The Bertz CT molecular complexity index is 1130. The fourth-order valence-corrected chi connectivity index (χ4v) is 3.05. The van der Waals surface area contributed by atoms with Gasteiger partial charge in [-0.1, -0.05) is 37.3 Å². The minimum Gasteiger partial charge on any atom is -0.396 e. The fraction of sp³-hybridized carbons (Fsp3) is 0.278. The van der Waals surface area contributed by atoms with Gasteiger partial charge in [0.1, 0.15) is 6.33 Å². The summed E-state index contributed by atoms with van der Waals surface area (Å²) in [6, 6.07) is 9.89. The molecule has 0 spiro atoms. The molecule has 0 unspecified atom stereocenters. The van der Waals surface area contributed by atoms with Gasteiger partial charge in [0.15, 0.2) is 16.8 Å². The number of aromatic nitrogens is 6. The summed E-state index contributed by atoms with van der Waals surface area (Å²) >= 11 is 0. The van der Waals surface area contributed by atoms with Crippen molar-refractivity contribution in [3.8, 4) is 11.1 Å². The number of aliphatic hydroxyl groups excluding tert-OH is 1. The third-order valence-electron chi connectivity index (χ3n) is 4.33. The minimum absolute atomic E-state index is 0.00857. The highest BCUT2D eigenvalue weighted by molar-refractivity contribution is 5.83. The number of aliphatic hydroxyl groups is 1. The molecule has 0 aliphatic rings. The summed E-state index contributed by atoms with van der Waals surface area (Å²) < 4.78 is 3.03.